The van der Waals surface area contributed by atoms with Crippen LogP contribution in [0.2, 0.25) is 0 Å². The topological polar surface area (TPSA) is 43.1 Å². The van der Waals surface area contributed by atoms with Crippen LogP contribution in [-0.2, 0) is 5.41 Å². The van der Waals surface area contributed by atoms with Gasteiger partial charge in [-0.2, -0.15) is 0 Å². The number of non-ortho nitro benzene ring substituents is 1. The minimum absolute atomic E-state index is 0.00990. The number of halogens is 2. The molecular weight excluding hydrogens is 324 g/mol. The van der Waals surface area contributed by atoms with Gasteiger partial charge in [-0.05, 0) is 47.9 Å². The minimum atomic E-state index is -0.712. The molecule has 0 saturated carbocycles. The summed E-state index contributed by atoms with van der Waals surface area (Å²) < 4.78 is 26.7. The highest BCUT2D eigenvalue weighted by atomic mass is 19.1. The van der Waals surface area contributed by atoms with Gasteiger partial charge < -0.3 is 0 Å². The summed E-state index contributed by atoms with van der Waals surface area (Å²) in [5.74, 6) is -0.706. The highest BCUT2D eigenvalue weighted by molar-refractivity contribution is 5.51. The van der Waals surface area contributed by atoms with Crippen molar-refractivity contribution in [2.45, 2.75) is 12.3 Å². The van der Waals surface area contributed by atoms with E-state index >= 15 is 0 Å². The fraction of sp³-hybridized carbons (Fsp3) is 0.100. The quantitative estimate of drug-likeness (QED) is 0.371. The molecule has 5 heteroatoms. The fourth-order valence-corrected chi connectivity index (χ4v) is 2.98. The molecule has 0 amide bonds. The molecule has 3 aromatic rings. The maximum atomic E-state index is 13.3. The van der Waals surface area contributed by atoms with Gasteiger partial charge in [-0.15, -0.1) is 0 Å². The normalized spacial score (nSPS) is 11.3. The number of nitro benzene ring substituents is 1. The lowest BCUT2D eigenvalue weighted by Gasteiger charge is -2.31. The van der Waals surface area contributed by atoms with Gasteiger partial charge in [0, 0.05) is 17.5 Å². The monoisotopic (exact) mass is 339 g/mol. The van der Waals surface area contributed by atoms with Crippen LogP contribution in [0, 0.1) is 21.7 Å². The van der Waals surface area contributed by atoms with Gasteiger partial charge >= 0.3 is 0 Å². The minimum Gasteiger partial charge on any atom is -0.258 e. The molecular formula is C20H15F2NO2. The Balaban J connectivity index is 2.19. The Morgan fingerprint density at radius 1 is 0.720 bits per heavy atom. The third-order valence-corrected chi connectivity index (χ3v) is 4.50. The maximum Gasteiger partial charge on any atom is 0.269 e. The SMILES string of the molecule is CC(c1ccc(F)cc1)(c1ccc(F)cc1)c1ccc([N+](=O)[O-])cc1. The molecule has 0 fully saturated rings. The van der Waals surface area contributed by atoms with E-state index in [1.807, 2.05) is 6.92 Å². The van der Waals surface area contributed by atoms with Crippen LogP contribution in [0.25, 0.3) is 0 Å². The lowest BCUT2D eigenvalue weighted by Crippen LogP contribution is -2.25. The number of hydrogen-bond donors (Lipinski definition) is 0. The van der Waals surface area contributed by atoms with Gasteiger partial charge in [0.1, 0.15) is 11.6 Å². The molecule has 0 aliphatic heterocycles. The Kier molecular flexibility index (Phi) is 4.31. The van der Waals surface area contributed by atoms with Crippen LogP contribution >= 0.6 is 0 Å². The molecule has 0 unspecified atom stereocenters. The lowest BCUT2D eigenvalue weighted by atomic mass is 9.71. The van der Waals surface area contributed by atoms with Gasteiger partial charge in [0.2, 0.25) is 0 Å². The molecule has 3 aromatic carbocycles. The lowest BCUT2D eigenvalue weighted by molar-refractivity contribution is -0.384. The van der Waals surface area contributed by atoms with Crippen LogP contribution in [0.5, 0.6) is 0 Å². The Morgan fingerprint density at radius 3 is 1.36 bits per heavy atom. The van der Waals surface area contributed by atoms with E-state index in [0.717, 1.165) is 16.7 Å². The first-order valence-corrected chi connectivity index (χ1v) is 7.68. The van der Waals surface area contributed by atoms with E-state index in [1.165, 1.54) is 36.4 Å². The van der Waals surface area contributed by atoms with Crippen molar-refractivity contribution in [2.24, 2.45) is 0 Å². The first-order valence-electron chi connectivity index (χ1n) is 7.68. The van der Waals surface area contributed by atoms with Crippen molar-refractivity contribution in [2.75, 3.05) is 0 Å². The van der Waals surface area contributed by atoms with Crippen LogP contribution in [0.4, 0.5) is 14.5 Å². The average Bonchev–Trinajstić information content (AvgIpc) is 2.62. The predicted octanol–water partition coefficient (Wildman–Crippen LogP) is 5.23. The van der Waals surface area contributed by atoms with Gasteiger partial charge in [-0.25, -0.2) is 8.78 Å². The largest absolute Gasteiger partial charge is 0.269 e. The summed E-state index contributed by atoms with van der Waals surface area (Å²) in [7, 11) is 0. The zero-order valence-corrected chi connectivity index (χ0v) is 13.4. The zero-order valence-electron chi connectivity index (χ0n) is 13.4. The molecule has 0 spiro atoms. The number of nitro groups is 1. The Morgan fingerprint density at radius 2 is 1.04 bits per heavy atom. The van der Waals surface area contributed by atoms with Crippen LogP contribution in [0.3, 0.4) is 0 Å². The van der Waals surface area contributed by atoms with Gasteiger partial charge in [0.15, 0.2) is 0 Å². The second-order valence-corrected chi connectivity index (χ2v) is 5.94. The zero-order chi connectivity index (χ0) is 18.0. The van der Waals surface area contributed by atoms with Gasteiger partial charge in [0.05, 0.1) is 4.92 Å². The molecule has 0 atom stereocenters. The fourth-order valence-electron chi connectivity index (χ4n) is 2.98. The van der Waals surface area contributed by atoms with Crippen LogP contribution in [0.1, 0.15) is 23.6 Å². The second-order valence-electron chi connectivity index (χ2n) is 5.94. The van der Waals surface area contributed by atoms with Gasteiger partial charge in [0.25, 0.3) is 5.69 Å². The first-order chi connectivity index (χ1) is 11.9. The van der Waals surface area contributed by atoms with Gasteiger partial charge in [-0.3, -0.25) is 10.1 Å². The molecule has 0 bridgehead atoms. The average molecular weight is 339 g/mol. The third kappa shape index (κ3) is 3.13. The van der Waals surface area contributed by atoms with E-state index in [9.17, 15) is 18.9 Å². The number of nitrogens with zero attached hydrogens (tertiary/aromatic N) is 1. The van der Waals surface area contributed by atoms with E-state index < -0.39 is 10.3 Å². The Bertz CT molecular complexity index is 843. The summed E-state index contributed by atoms with van der Waals surface area (Å²) >= 11 is 0. The van der Waals surface area contributed by atoms with Gasteiger partial charge in [-0.1, -0.05) is 36.4 Å². The number of rotatable bonds is 4. The molecule has 126 valence electrons. The van der Waals surface area contributed by atoms with Crippen LogP contribution in [-0.4, -0.2) is 4.92 Å². The molecule has 0 saturated heterocycles. The molecule has 0 aromatic heterocycles. The number of benzene rings is 3. The van der Waals surface area contributed by atoms with Crippen molar-refractivity contribution in [1.29, 1.82) is 0 Å². The van der Waals surface area contributed by atoms with Crippen LogP contribution in [0.15, 0.2) is 72.8 Å². The first kappa shape index (κ1) is 16.8. The molecule has 0 aliphatic rings. The van der Waals surface area contributed by atoms with Crippen molar-refractivity contribution in [3.8, 4) is 0 Å². The highest BCUT2D eigenvalue weighted by Gasteiger charge is 2.31. The van der Waals surface area contributed by atoms with Crippen molar-refractivity contribution in [1.82, 2.24) is 0 Å². The van der Waals surface area contributed by atoms with Crippen molar-refractivity contribution < 1.29 is 13.7 Å². The highest BCUT2D eigenvalue weighted by Crippen LogP contribution is 2.39. The molecule has 0 radical (unpaired) electrons. The Labute approximate surface area is 143 Å². The van der Waals surface area contributed by atoms with Crippen molar-refractivity contribution in [3.63, 3.8) is 0 Å². The molecule has 0 heterocycles. The summed E-state index contributed by atoms with van der Waals surface area (Å²) in [4.78, 5) is 10.4. The predicted molar refractivity (Wildman–Crippen MR) is 91.5 cm³/mol. The third-order valence-electron chi connectivity index (χ3n) is 4.50. The van der Waals surface area contributed by atoms with E-state index in [0.29, 0.717) is 0 Å². The maximum absolute atomic E-state index is 13.3. The van der Waals surface area contributed by atoms with Crippen molar-refractivity contribution >= 4 is 5.69 Å². The van der Waals surface area contributed by atoms with E-state index in [1.54, 1.807) is 36.4 Å². The molecule has 3 nitrogen and oxygen atoms in total. The van der Waals surface area contributed by atoms with E-state index in [4.69, 9.17) is 0 Å². The molecule has 3 rings (SSSR count). The molecule has 25 heavy (non-hydrogen) atoms. The summed E-state index contributed by atoms with van der Waals surface area (Å²) in [5, 5.41) is 10.9. The Hall–Kier alpha value is -3.08. The van der Waals surface area contributed by atoms with Crippen molar-refractivity contribution in [3.05, 3.63) is 111 Å². The smallest absolute Gasteiger partial charge is 0.258 e. The number of hydrogen-bond acceptors (Lipinski definition) is 2. The summed E-state index contributed by atoms with van der Waals surface area (Å²) in [6, 6.07) is 18.3. The molecule has 0 N–H and O–H groups in total. The van der Waals surface area contributed by atoms with Crippen LogP contribution < -0.4 is 0 Å². The van der Waals surface area contributed by atoms with E-state index in [-0.39, 0.29) is 17.3 Å². The standard InChI is InChI=1S/C20H15F2NO2/c1-20(14-2-8-17(21)9-3-14,15-4-10-18(22)11-5-15)16-6-12-19(13-7-16)23(24)25/h2-13H,1H3. The summed E-state index contributed by atoms with van der Waals surface area (Å²) in [6.45, 7) is 1.93. The van der Waals surface area contributed by atoms with E-state index in [2.05, 4.69) is 0 Å². The summed E-state index contributed by atoms with van der Waals surface area (Å²) in [6.07, 6.45) is 0. The second kappa shape index (κ2) is 6.43. The summed E-state index contributed by atoms with van der Waals surface area (Å²) in [5.41, 5.74) is 1.67. The molecule has 0 aliphatic carbocycles.